The van der Waals surface area contributed by atoms with Crippen LogP contribution in [0.25, 0.3) is 28.6 Å². The zero-order valence-corrected chi connectivity index (χ0v) is 17.1. The number of anilines is 1. The van der Waals surface area contributed by atoms with Gasteiger partial charge in [0.05, 0.1) is 11.6 Å². The van der Waals surface area contributed by atoms with Gasteiger partial charge in [-0.3, -0.25) is 4.79 Å². The van der Waals surface area contributed by atoms with Crippen molar-refractivity contribution >= 4 is 44.7 Å². The van der Waals surface area contributed by atoms with E-state index in [0.717, 1.165) is 21.3 Å². The number of hydrogen-bond acceptors (Lipinski definition) is 4. The van der Waals surface area contributed by atoms with E-state index in [0.29, 0.717) is 22.7 Å². The summed E-state index contributed by atoms with van der Waals surface area (Å²) in [7, 11) is 1.62. The number of nitrogens with zero attached hydrogens (tertiary/aromatic N) is 1. The maximum absolute atomic E-state index is 12.2. The first-order valence-corrected chi connectivity index (χ1v) is 9.70. The smallest absolute Gasteiger partial charge is 0.248 e. The van der Waals surface area contributed by atoms with Crippen LogP contribution >= 0.6 is 15.9 Å². The summed E-state index contributed by atoms with van der Waals surface area (Å²) in [5.41, 5.74) is 3.74. The molecule has 0 saturated carbocycles. The zero-order valence-electron chi connectivity index (χ0n) is 15.6. The van der Waals surface area contributed by atoms with Crippen molar-refractivity contribution in [3.05, 3.63) is 82.8 Å². The lowest BCUT2D eigenvalue weighted by Crippen LogP contribution is -2.07. The van der Waals surface area contributed by atoms with Crippen molar-refractivity contribution in [1.29, 1.82) is 0 Å². The third-order valence-electron chi connectivity index (χ3n) is 4.28. The lowest BCUT2D eigenvalue weighted by atomic mass is 10.2. The number of oxazole rings is 1. The summed E-state index contributed by atoms with van der Waals surface area (Å²) in [6, 6.07) is 20.6. The fourth-order valence-corrected chi connectivity index (χ4v) is 3.39. The number of aromatic nitrogens is 1. The maximum atomic E-state index is 12.2. The van der Waals surface area contributed by atoms with Gasteiger partial charge in [0.15, 0.2) is 5.58 Å². The number of nitrogens with one attached hydrogen (secondary N) is 1. The molecule has 1 amide bonds. The SMILES string of the molecule is COc1ccc(-c2nc3cc(NC(=O)C=Cc4ccccc4)ccc3o2)cc1Br. The molecule has 6 heteroatoms. The standard InChI is InChI=1S/C23H17BrN2O3/c1-28-20-10-8-16(13-18(20)24)23-26-19-14-17(9-11-21(19)29-23)25-22(27)12-7-15-5-3-2-4-6-15/h2-14H,1H3,(H,25,27). The second-order valence-electron chi connectivity index (χ2n) is 6.28. The molecule has 1 heterocycles. The second-order valence-corrected chi connectivity index (χ2v) is 7.14. The summed E-state index contributed by atoms with van der Waals surface area (Å²) in [5.74, 6) is 1.02. The molecule has 0 aliphatic carbocycles. The van der Waals surface area contributed by atoms with E-state index in [2.05, 4.69) is 26.2 Å². The predicted molar refractivity (Wildman–Crippen MR) is 118 cm³/mol. The van der Waals surface area contributed by atoms with Gasteiger partial charge >= 0.3 is 0 Å². The Morgan fingerprint density at radius 2 is 1.93 bits per heavy atom. The van der Waals surface area contributed by atoms with Gasteiger partial charge in [0.1, 0.15) is 11.3 Å². The van der Waals surface area contributed by atoms with Crippen LogP contribution < -0.4 is 10.1 Å². The molecule has 0 saturated heterocycles. The number of methoxy groups -OCH3 is 1. The van der Waals surface area contributed by atoms with Crippen LogP contribution in [-0.4, -0.2) is 18.0 Å². The van der Waals surface area contributed by atoms with Gasteiger partial charge < -0.3 is 14.5 Å². The van der Waals surface area contributed by atoms with Gasteiger partial charge in [0.2, 0.25) is 11.8 Å². The predicted octanol–water partition coefficient (Wildman–Crippen LogP) is 5.92. The van der Waals surface area contributed by atoms with Gasteiger partial charge in [-0.15, -0.1) is 0 Å². The maximum Gasteiger partial charge on any atom is 0.248 e. The minimum atomic E-state index is -0.212. The van der Waals surface area contributed by atoms with Crippen LogP contribution in [0, 0.1) is 0 Å². The molecule has 0 aliphatic heterocycles. The highest BCUT2D eigenvalue weighted by Crippen LogP contribution is 2.32. The molecule has 1 aromatic heterocycles. The van der Waals surface area contributed by atoms with E-state index in [4.69, 9.17) is 9.15 Å². The van der Waals surface area contributed by atoms with E-state index in [9.17, 15) is 4.79 Å². The summed E-state index contributed by atoms with van der Waals surface area (Å²) in [4.78, 5) is 16.7. The number of amides is 1. The average Bonchev–Trinajstić information content (AvgIpc) is 3.16. The molecular formula is C23H17BrN2O3. The van der Waals surface area contributed by atoms with Crippen molar-refractivity contribution in [2.24, 2.45) is 0 Å². The molecule has 1 N–H and O–H groups in total. The molecule has 0 aliphatic rings. The normalized spacial score (nSPS) is 11.1. The molecule has 0 unspecified atom stereocenters. The Balaban J connectivity index is 1.53. The lowest BCUT2D eigenvalue weighted by molar-refractivity contribution is -0.111. The largest absolute Gasteiger partial charge is 0.496 e. The van der Waals surface area contributed by atoms with Gasteiger partial charge in [-0.05, 0) is 64.0 Å². The molecular weight excluding hydrogens is 432 g/mol. The summed E-state index contributed by atoms with van der Waals surface area (Å²) < 4.78 is 11.9. The van der Waals surface area contributed by atoms with Crippen molar-refractivity contribution in [1.82, 2.24) is 4.98 Å². The Kier molecular flexibility index (Phi) is 5.44. The van der Waals surface area contributed by atoms with E-state index in [1.807, 2.05) is 48.5 Å². The van der Waals surface area contributed by atoms with Crippen molar-refractivity contribution in [3.63, 3.8) is 0 Å². The molecule has 3 aromatic carbocycles. The van der Waals surface area contributed by atoms with E-state index in [1.54, 1.807) is 31.4 Å². The minimum Gasteiger partial charge on any atom is -0.496 e. The van der Waals surface area contributed by atoms with Crippen LogP contribution in [-0.2, 0) is 4.79 Å². The van der Waals surface area contributed by atoms with Crippen LogP contribution in [0.5, 0.6) is 5.75 Å². The van der Waals surface area contributed by atoms with E-state index in [1.165, 1.54) is 6.08 Å². The van der Waals surface area contributed by atoms with Crippen LogP contribution in [0.15, 0.2) is 81.7 Å². The fraction of sp³-hybridized carbons (Fsp3) is 0.0435. The third-order valence-corrected chi connectivity index (χ3v) is 4.90. The van der Waals surface area contributed by atoms with Crippen LogP contribution in [0.2, 0.25) is 0 Å². The molecule has 4 aromatic rings. The Bertz CT molecular complexity index is 1200. The van der Waals surface area contributed by atoms with E-state index in [-0.39, 0.29) is 5.91 Å². The first-order valence-electron chi connectivity index (χ1n) is 8.91. The van der Waals surface area contributed by atoms with Crippen molar-refractivity contribution in [3.8, 4) is 17.2 Å². The molecule has 0 spiro atoms. The Morgan fingerprint density at radius 3 is 2.69 bits per heavy atom. The summed E-state index contributed by atoms with van der Waals surface area (Å²) in [5, 5.41) is 2.85. The highest BCUT2D eigenvalue weighted by molar-refractivity contribution is 9.10. The van der Waals surface area contributed by atoms with E-state index < -0.39 is 0 Å². The summed E-state index contributed by atoms with van der Waals surface area (Å²) in [6.07, 6.45) is 3.27. The number of carbonyl (C=O) groups is 1. The Labute approximate surface area is 176 Å². The van der Waals surface area contributed by atoms with Crippen molar-refractivity contribution < 1.29 is 13.9 Å². The molecule has 5 nitrogen and oxygen atoms in total. The molecule has 144 valence electrons. The van der Waals surface area contributed by atoms with Crippen molar-refractivity contribution in [2.45, 2.75) is 0 Å². The average molecular weight is 449 g/mol. The topological polar surface area (TPSA) is 64.4 Å². The number of ether oxygens (including phenoxy) is 1. The van der Waals surface area contributed by atoms with E-state index >= 15 is 0 Å². The first-order chi connectivity index (χ1) is 14.1. The first kappa shape index (κ1) is 19.0. The number of halogens is 1. The van der Waals surface area contributed by atoms with Gasteiger partial charge in [-0.2, -0.15) is 0 Å². The quantitative estimate of drug-likeness (QED) is 0.385. The number of benzene rings is 3. The fourth-order valence-electron chi connectivity index (χ4n) is 2.85. The van der Waals surface area contributed by atoms with Crippen molar-refractivity contribution in [2.75, 3.05) is 12.4 Å². The second kappa shape index (κ2) is 8.32. The number of fused-ring (bicyclic) bond motifs is 1. The van der Waals surface area contributed by atoms with Crippen LogP contribution in [0.3, 0.4) is 0 Å². The number of hydrogen-bond donors (Lipinski definition) is 1. The van der Waals surface area contributed by atoms with Gasteiger partial charge in [-0.25, -0.2) is 4.98 Å². The van der Waals surface area contributed by atoms with Gasteiger partial charge in [-0.1, -0.05) is 30.3 Å². The Hall–Kier alpha value is -3.38. The summed E-state index contributed by atoms with van der Waals surface area (Å²) >= 11 is 3.47. The highest BCUT2D eigenvalue weighted by atomic mass is 79.9. The zero-order chi connectivity index (χ0) is 20.2. The monoisotopic (exact) mass is 448 g/mol. The summed E-state index contributed by atoms with van der Waals surface area (Å²) in [6.45, 7) is 0. The molecule has 4 rings (SSSR count). The number of carbonyl (C=O) groups excluding carboxylic acids is 1. The molecule has 0 radical (unpaired) electrons. The third kappa shape index (κ3) is 4.38. The number of rotatable bonds is 5. The Morgan fingerprint density at radius 1 is 1.10 bits per heavy atom. The lowest BCUT2D eigenvalue weighted by Gasteiger charge is -2.03. The van der Waals surface area contributed by atoms with Gasteiger partial charge in [0.25, 0.3) is 0 Å². The minimum absolute atomic E-state index is 0.212. The molecule has 0 fully saturated rings. The molecule has 0 bridgehead atoms. The molecule has 29 heavy (non-hydrogen) atoms. The van der Waals surface area contributed by atoms with Crippen LogP contribution in [0.1, 0.15) is 5.56 Å². The molecule has 0 atom stereocenters. The van der Waals surface area contributed by atoms with Crippen LogP contribution in [0.4, 0.5) is 5.69 Å². The van der Waals surface area contributed by atoms with Gasteiger partial charge in [0, 0.05) is 17.3 Å². The highest BCUT2D eigenvalue weighted by Gasteiger charge is 2.11.